The van der Waals surface area contributed by atoms with Gasteiger partial charge in [0.2, 0.25) is 15.9 Å². The molecule has 0 aromatic heterocycles. The lowest BCUT2D eigenvalue weighted by molar-refractivity contribution is -0.245. The van der Waals surface area contributed by atoms with E-state index >= 15 is 0 Å². The van der Waals surface area contributed by atoms with Gasteiger partial charge >= 0.3 is 5.97 Å². The summed E-state index contributed by atoms with van der Waals surface area (Å²) in [4.78, 5) is 26.4. The summed E-state index contributed by atoms with van der Waals surface area (Å²) in [6.45, 7) is 1.97. The van der Waals surface area contributed by atoms with E-state index in [-0.39, 0.29) is 42.2 Å². The molecular weight excluding hydrogens is 797 g/mol. The maximum atomic E-state index is 13.8. The number of thioether (sulfide) groups is 1. The molecule has 1 amide bonds. The van der Waals surface area contributed by atoms with Crippen LogP contribution < -0.4 is 10.0 Å². The van der Waals surface area contributed by atoms with Gasteiger partial charge in [0, 0.05) is 29.2 Å². The third-order valence-electron chi connectivity index (χ3n) is 10.3. The number of rotatable bonds is 16. The van der Waals surface area contributed by atoms with Crippen molar-refractivity contribution >= 4 is 33.7 Å². The number of ether oxygens (including phenoxy) is 2. The van der Waals surface area contributed by atoms with Crippen molar-refractivity contribution in [1.29, 1.82) is 0 Å². The van der Waals surface area contributed by atoms with E-state index in [1.807, 2.05) is 116 Å². The zero-order valence-electron chi connectivity index (χ0n) is 32.9. The van der Waals surface area contributed by atoms with Crippen LogP contribution >= 0.6 is 11.8 Å². The number of amides is 1. The normalized spacial score (nSPS) is 17.1. The first kappa shape index (κ1) is 42.5. The molecule has 1 saturated heterocycles. The van der Waals surface area contributed by atoms with Crippen LogP contribution in [0.4, 0.5) is 0 Å². The lowest BCUT2D eigenvalue weighted by Crippen LogP contribution is -2.47. The number of nitrogens with one attached hydrogen (secondary N) is 2. The van der Waals surface area contributed by atoms with Gasteiger partial charge < -0.3 is 25.0 Å². The lowest BCUT2D eigenvalue weighted by Gasteiger charge is -2.36. The number of hydrogen-bond acceptors (Lipinski definition) is 8. The molecule has 4 unspecified atom stereocenters. The molecule has 308 valence electrons. The second-order valence-corrected chi connectivity index (χ2v) is 17.4. The van der Waals surface area contributed by atoms with Crippen molar-refractivity contribution in [3.63, 3.8) is 0 Å². The summed E-state index contributed by atoms with van der Waals surface area (Å²) in [5.74, 6) is -0.930. The Balaban J connectivity index is 1.07. The lowest BCUT2D eigenvalue weighted by atomic mass is 9.97. The predicted octanol–water partition coefficient (Wildman–Crippen LogP) is 8.40. The summed E-state index contributed by atoms with van der Waals surface area (Å²) < 4.78 is 42.6. The number of aromatic carboxylic acids is 1. The van der Waals surface area contributed by atoms with E-state index < -0.39 is 34.2 Å². The maximum absolute atomic E-state index is 13.8. The Kier molecular flexibility index (Phi) is 13.9. The van der Waals surface area contributed by atoms with Crippen LogP contribution in [0.25, 0.3) is 11.1 Å². The zero-order chi connectivity index (χ0) is 42.1. The Bertz CT molecular complexity index is 2500. The molecule has 1 heterocycles. The van der Waals surface area contributed by atoms with Gasteiger partial charge in [-0.15, -0.1) is 11.8 Å². The highest BCUT2D eigenvalue weighted by atomic mass is 32.2. The summed E-state index contributed by atoms with van der Waals surface area (Å²) in [6.07, 6.45) is -0.581. The number of sulfonamides is 1. The largest absolute Gasteiger partial charge is 0.478 e. The van der Waals surface area contributed by atoms with Gasteiger partial charge in [0.15, 0.2) is 6.29 Å². The van der Waals surface area contributed by atoms with Gasteiger partial charge in [-0.05, 0) is 71.0 Å². The van der Waals surface area contributed by atoms with Crippen LogP contribution in [-0.4, -0.2) is 48.4 Å². The number of carbonyl (C=O) groups excluding carboxylic acids is 1. The van der Waals surface area contributed by atoms with Gasteiger partial charge in [-0.25, -0.2) is 13.2 Å². The van der Waals surface area contributed by atoms with Gasteiger partial charge in [0.1, 0.15) is 6.04 Å². The molecule has 60 heavy (non-hydrogen) atoms. The molecule has 10 nitrogen and oxygen atoms in total. The fourth-order valence-corrected chi connectivity index (χ4v) is 9.33. The zero-order valence-corrected chi connectivity index (χ0v) is 34.6. The molecule has 0 spiro atoms. The average molecular weight is 843 g/mol. The van der Waals surface area contributed by atoms with Crippen LogP contribution in [0.5, 0.6) is 0 Å². The van der Waals surface area contributed by atoms with Crippen LogP contribution in [0, 0.1) is 6.92 Å². The Morgan fingerprint density at radius 1 is 0.767 bits per heavy atom. The molecule has 6 aromatic carbocycles. The molecule has 0 saturated carbocycles. The number of aryl methyl sites for hydroxylation is 1. The van der Waals surface area contributed by atoms with E-state index in [9.17, 15) is 28.2 Å². The van der Waals surface area contributed by atoms with Gasteiger partial charge in [0.25, 0.3) is 0 Å². The minimum Gasteiger partial charge on any atom is -0.478 e. The first-order valence-electron chi connectivity index (χ1n) is 19.6. The topological polar surface area (TPSA) is 151 Å². The van der Waals surface area contributed by atoms with Crippen LogP contribution in [0.2, 0.25) is 0 Å². The number of carbonyl (C=O) groups is 2. The molecule has 0 bridgehead atoms. The predicted molar refractivity (Wildman–Crippen MR) is 232 cm³/mol. The monoisotopic (exact) mass is 842 g/mol. The standard InChI is InChI=1S/C48H46N2O8S2/c1-32-15-25-40(26-16-32)60(55,56)50-43(27-33-9-3-2-4-10-33)46(52)49-29-38-11-5-6-12-41(38)35-21-23-37(24-22-35)48-57-39(31-59-45-14-8-7-13-42(45)47(53)54)28-44(58-48)36-19-17-34(30-51)18-20-36/h2-26,39,43-44,48,50-51H,27-31H2,1H3,(H,49,52)(H,53,54). The van der Waals surface area contributed by atoms with Crippen LogP contribution in [0.15, 0.2) is 161 Å². The van der Waals surface area contributed by atoms with E-state index in [2.05, 4.69) is 10.0 Å². The summed E-state index contributed by atoms with van der Waals surface area (Å²) in [6, 6.07) is 44.9. The minimum absolute atomic E-state index is 0.0630. The molecule has 1 aliphatic rings. The van der Waals surface area contributed by atoms with Crippen molar-refractivity contribution in [1.82, 2.24) is 10.0 Å². The molecule has 0 radical (unpaired) electrons. The second-order valence-electron chi connectivity index (χ2n) is 14.6. The van der Waals surface area contributed by atoms with Crippen molar-refractivity contribution in [3.8, 4) is 11.1 Å². The molecule has 0 aliphatic carbocycles. The Hall–Kier alpha value is -5.60. The Labute approximate surface area is 354 Å². The molecule has 7 rings (SSSR count). The number of carboxylic acids is 1. The summed E-state index contributed by atoms with van der Waals surface area (Å²) in [7, 11) is -4.00. The number of carboxylic acid groups (broad SMARTS) is 1. The first-order chi connectivity index (χ1) is 29.1. The molecule has 6 aromatic rings. The van der Waals surface area contributed by atoms with E-state index in [0.29, 0.717) is 17.1 Å². The smallest absolute Gasteiger partial charge is 0.336 e. The van der Waals surface area contributed by atoms with E-state index in [1.54, 1.807) is 30.3 Å². The minimum atomic E-state index is -4.00. The van der Waals surface area contributed by atoms with E-state index in [0.717, 1.165) is 44.5 Å². The maximum Gasteiger partial charge on any atom is 0.336 e. The summed E-state index contributed by atoms with van der Waals surface area (Å²) >= 11 is 1.44. The Morgan fingerprint density at radius 2 is 1.43 bits per heavy atom. The number of benzene rings is 6. The fraction of sp³-hybridized carbons (Fsp3) is 0.208. The molecule has 1 fully saturated rings. The van der Waals surface area contributed by atoms with Crippen molar-refractivity contribution in [3.05, 3.63) is 191 Å². The van der Waals surface area contributed by atoms with E-state index in [4.69, 9.17) is 9.47 Å². The third kappa shape index (κ3) is 10.8. The highest BCUT2D eigenvalue weighted by Gasteiger charge is 2.33. The number of hydrogen-bond donors (Lipinski definition) is 4. The van der Waals surface area contributed by atoms with Gasteiger partial charge in [-0.2, -0.15) is 4.72 Å². The molecule has 1 aliphatic heterocycles. The molecule has 4 atom stereocenters. The second kappa shape index (κ2) is 19.6. The molecular formula is C48H46N2O8S2. The fourth-order valence-electron chi connectivity index (χ4n) is 7.07. The van der Waals surface area contributed by atoms with Crippen LogP contribution in [-0.2, 0) is 43.9 Å². The van der Waals surface area contributed by atoms with Crippen molar-refractivity contribution in [2.75, 3.05) is 5.75 Å². The first-order valence-corrected chi connectivity index (χ1v) is 22.1. The van der Waals surface area contributed by atoms with Crippen molar-refractivity contribution in [2.45, 2.75) is 67.2 Å². The van der Waals surface area contributed by atoms with Crippen molar-refractivity contribution < 1.29 is 37.7 Å². The number of aliphatic hydroxyl groups excluding tert-OH is 1. The number of aliphatic hydroxyl groups is 1. The van der Waals surface area contributed by atoms with Crippen molar-refractivity contribution in [2.24, 2.45) is 0 Å². The van der Waals surface area contributed by atoms with Crippen LogP contribution in [0.1, 0.15) is 62.6 Å². The highest BCUT2D eigenvalue weighted by molar-refractivity contribution is 7.99. The molecule has 4 N–H and O–H groups in total. The van der Waals surface area contributed by atoms with Gasteiger partial charge in [-0.3, -0.25) is 4.79 Å². The molecule has 12 heteroatoms. The SMILES string of the molecule is Cc1ccc(S(=O)(=O)NC(Cc2ccccc2)C(=O)NCc2ccccc2-c2ccc(C3OC(CSc4ccccc4C(=O)O)CC(c4ccc(CO)cc4)O3)cc2)cc1. The summed E-state index contributed by atoms with van der Waals surface area (Å²) in [5, 5.41) is 22.3. The van der Waals surface area contributed by atoms with E-state index in [1.165, 1.54) is 23.9 Å². The van der Waals surface area contributed by atoms with Gasteiger partial charge in [0.05, 0.1) is 29.3 Å². The quantitative estimate of drug-likeness (QED) is 0.0705. The van der Waals surface area contributed by atoms with Gasteiger partial charge in [-0.1, -0.05) is 133 Å². The third-order valence-corrected chi connectivity index (χ3v) is 13.0. The summed E-state index contributed by atoms with van der Waals surface area (Å²) in [5.41, 5.74) is 7.15. The van der Waals surface area contributed by atoms with Crippen LogP contribution in [0.3, 0.4) is 0 Å². The Morgan fingerprint density at radius 3 is 2.15 bits per heavy atom. The highest BCUT2D eigenvalue weighted by Crippen LogP contribution is 2.40. The average Bonchev–Trinajstić information content (AvgIpc) is 3.28.